The Morgan fingerprint density at radius 2 is 1.76 bits per heavy atom. The van der Waals surface area contributed by atoms with Gasteiger partial charge >= 0.3 is 5.97 Å². The first kappa shape index (κ1) is 12.4. The van der Waals surface area contributed by atoms with Crippen molar-refractivity contribution in [3.05, 3.63) is 0 Å². The van der Waals surface area contributed by atoms with Crippen molar-refractivity contribution in [3.8, 4) is 0 Å². The van der Waals surface area contributed by atoms with Crippen LogP contribution in [-0.4, -0.2) is 59.5 Å². The maximum atomic E-state index is 12.1. The van der Waals surface area contributed by atoms with Crippen molar-refractivity contribution in [1.82, 2.24) is 9.80 Å². The van der Waals surface area contributed by atoms with Crippen LogP contribution in [0, 0.1) is 5.41 Å². The molecular formula is C12H20N2O3. The Bertz CT molecular complexity index is 318. The van der Waals surface area contributed by atoms with E-state index in [4.69, 9.17) is 5.11 Å². The lowest BCUT2D eigenvalue weighted by molar-refractivity contribution is -0.154. The predicted molar refractivity (Wildman–Crippen MR) is 62.6 cm³/mol. The largest absolute Gasteiger partial charge is 0.480 e. The molecule has 1 aliphatic carbocycles. The average molecular weight is 240 g/mol. The van der Waals surface area contributed by atoms with E-state index in [0.717, 1.165) is 26.1 Å². The van der Waals surface area contributed by atoms with Gasteiger partial charge in [-0.05, 0) is 25.8 Å². The first-order valence-electron chi connectivity index (χ1n) is 6.35. The summed E-state index contributed by atoms with van der Waals surface area (Å²) in [5.41, 5.74) is -1.06. The summed E-state index contributed by atoms with van der Waals surface area (Å²) >= 11 is 0. The van der Waals surface area contributed by atoms with Gasteiger partial charge in [0.2, 0.25) is 5.91 Å². The van der Waals surface area contributed by atoms with E-state index < -0.39 is 11.4 Å². The minimum absolute atomic E-state index is 0.166. The van der Waals surface area contributed by atoms with Crippen LogP contribution in [0.3, 0.4) is 0 Å². The molecule has 0 aromatic heterocycles. The van der Waals surface area contributed by atoms with Gasteiger partial charge in [-0.3, -0.25) is 14.5 Å². The Hall–Kier alpha value is -1.10. The lowest BCUT2D eigenvalue weighted by Crippen LogP contribution is -2.52. The lowest BCUT2D eigenvalue weighted by Gasteiger charge is -2.35. The first-order valence-corrected chi connectivity index (χ1v) is 6.35. The minimum Gasteiger partial charge on any atom is -0.480 e. The van der Waals surface area contributed by atoms with Gasteiger partial charge in [0.05, 0.1) is 0 Å². The van der Waals surface area contributed by atoms with Gasteiger partial charge in [-0.15, -0.1) is 0 Å². The van der Waals surface area contributed by atoms with Crippen LogP contribution < -0.4 is 0 Å². The summed E-state index contributed by atoms with van der Waals surface area (Å²) in [5.74, 6) is -1.11. The van der Waals surface area contributed by atoms with Crippen molar-refractivity contribution in [2.75, 3.05) is 32.7 Å². The van der Waals surface area contributed by atoms with Gasteiger partial charge in [-0.1, -0.05) is 6.92 Å². The minimum atomic E-state index is -1.06. The van der Waals surface area contributed by atoms with E-state index in [9.17, 15) is 9.59 Å². The normalized spacial score (nSPS) is 23.5. The SMILES string of the molecule is CCCN1CCN(C(=O)C2(C(=O)O)CC2)CC1. The smallest absolute Gasteiger partial charge is 0.319 e. The number of hydrogen-bond donors (Lipinski definition) is 1. The fraction of sp³-hybridized carbons (Fsp3) is 0.833. The Kier molecular flexibility index (Phi) is 3.38. The van der Waals surface area contributed by atoms with Crippen LogP contribution in [-0.2, 0) is 9.59 Å². The van der Waals surface area contributed by atoms with Crippen LogP contribution in [0.1, 0.15) is 26.2 Å². The predicted octanol–water partition coefficient (Wildman–Crippen LogP) is 0.405. The molecule has 1 heterocycles. The van der Waals surface area contributed by atoms with Crippen LogP contribution in [0.5, 0.6) is 0 Å². The Balaban J connectivity index is 1.89. The van der Waals surface area contributed by atoms with E-state index in [2.05, 4.69) is 11.8 Å². The van der Waals surface area contributed by atoms with Gasteiger partial charge in [0.1, 0.15) is 5.41 Å². The second-order valence-electron chi connectivity index (χ2n) is 5.02. The zero-order valence-electron chi connectivity index (χ0n) is 10.3. The molecule has 96 valence electrons. The van der Waals surface area contributed by atoms with Crippen molar-refractivity contribution in [3.63, 3.8) is 0 Å². The molecule has 17 heavy (non-hydrogen) atoms. The summed E-state index contributed by atoms with van der Waals surface area (Å²) < 4.78 is 0. The quantitative estimate of drug-likeness (QED) is 0.723. The maximum absolute atomic E-state index is 12.1. The summed E-state index contributed by atoms with van der Waals surface area (Å²) in [7, 11) is 0. The molecule has 1 aliphatic heterocycles. The van der Waals surface area contributed by atoms with E-state index in [-0.39, 0.29) is 5.91 Å². The molecule has 2 fully saturated rings. The Labute approximate surface area is 101 Å². The number of nitrogens with zero attached hydrogens (tertiary/aromatic N) is 2. The van der Waals surface area contributed by atoms with Crippen molar-refractivity contribution >= 4 is 11.9 Å². The molecule has 0 aromatic rings. The number of carboxylic acid groups (broad SMARTS) is 1. The number of aliphatic carboxylic acids is 1. The van der Waals surface area contributed by atoms with Gasteiger partial charge in [0.25, 0.3) is 0 Å². The molecule has 1 saturated carbocycles. The third-order valence-electron chi connectivity index (χ3n) is 3.77. The molecule has 1 N–H and O–H groups in total. The van der Waals surface area contributed by atoms with Gasteiger partial charge in [0.15, 0.2) is 0 Å². The highest BCUT2D eigenvalue weighted by molar-refractivity contribution is 6.04. The molecular weight excluding hydrogens is 220 g/mol. The van der Waals surface area contributed by atoms with E-state index in [1.807, 2.05) is 0 Å². The first-order chi connectivity index (χ1) is 8.10. The summed E-state index contributed by atoms with van der Waals surface area (Å²) in [6, 6.07) is 0. The molecule has 0 aromatic carbocycles. The third kappa shape index (κ3) is 2.29. The summed E-state index contributed by atoms with van der Waals surface area (Å²) in [5, 5.41) is 9.08. The van der Waals surface area contributed by atoms with Crippen LogP contribution in [0.25, 0.3) is 0 Å². The van der Waals surface area contributed by atoms with Crippen molar-refractivity contribution in [1.29, 1.82) is 0 Å². The molecule has 0 atom stereocenters. The topological polar surface area (TPSA) is 60.9 Å². The highest BCUT2D eigenvalue weighted by atomic mass is 16.4. The monoisotopic (exact) mass is 240 g/mol. The van der Waals surface area contributed by atoms with E-state index in [1.54, 1.807) is 4.90 Å². The van der Waals surface area contributed by atoms with Crippen molar-refractivity contribution < 1.29 is 14.7 Å². The van der Waals surface area contributed by atoms with E-state index in [0.29, 0.717) is 25.9 Å². The number of carboxylic acids is 1. The van der Waals surface area contributed by atoms with E-state index >= 15 is 0 Å². The van der Waals surface area contributed by atoms with Crippen LogP contribution in [0.15, 0.2) is 0 Å². The maximum Gasteiger partial charge on any atom is 0.319 e. The second-order valence-corrected chi connectivity index (χ2v) is 5.02. The summed E-state index contributed by atoms with van der Waals surface area (Å²) in [6.45, 7) is 6.29. The summed E-state index contributed by atoms with van der Waals surface area (Å²) in [4.78, 5) is 27.2. The zero-order valence-corrected chi connectivity index (χ0v) is 10.3. The standard InChI is InChI=1S/C12H20N2O3/c1-2-5-13-6-8-14(9-7-13)10(15)12(3-4-12)11(16)17/h2-9H2,1H3,(H,16,17). The number of rotatable bonds is 4. The molecule has 0 unspecified atom stereocenters. The van der Waals surface area contributed by atoms with Gasteiger partial charge < -0.3 is 10.0 Å². The van der Waals surface area contributed by atoms with Crippen LogP contribution in [0.2, 0.25) is 0 Å². The van der Waals surface area contributed by atoms with Gasteiger partial charge in [0, 0.05) is 26.2 Å². The number of piperazine rings is 1. The van der Waals surface area contributed by atoms with Gasteiger partial charge in [-0.2, -0.15) is 0 Å². The Morgan fingerprint density at radius 1 is 1.18 bits per heavy atom. The lowest BCUT2D eigenvalue weighted by atomic mass is 10.1. The molecule has 0 bridgehead atoms. The second kappa shape index (κ2) is 4.64. The number of carbonyl (C=O) groups excluding carboxylic acids is 1. The molecule has 5 nitrogen and oxygen atoms in total. The molecule has 0 spiro atoms. The van der Waals surface area contributed by atoms with Crippen LogP contribution in [0.4, 0.5) is 0 Å². The fourth-order valence-corrected chi connectivity index (χ4v) is 2.44. The van der Waals surface area contributed by atoms with E-state index in [1.165, 1.54) is 0 Å². The molecule has 1 saturated heterocycles. The third-order valence-corrected chi connectivity index (χ3v) is 3.77. The molecule has 2 rings (SSSR count). The fourth-order valence-electron chi connectivity index (χ4n) is 2.44. The Morgan fingerprint density at radius 3 is 2.18 bits per heavy atom. The molecule has 0 radical (unpaired) electrons. The van der Waals surface area contributed by atoms with Gasteiger partial charge in [-0.25, -0.2) is 0 Å². The highest BCUT2D eigenvalue weighted by Crippen LogP contribution is 2.47. The number of hydrogen-bond acceptors (Lipinski definition) is 3. The number of carbonyl (C=O) groups is 2. The van der Waals surface area contributed by atoms with Crippen molar-refractivity contribution in [2.45, 2.75) is 26.2 Å². The van der Waals surface area contributed by atoms with Crippen LogP contribution >= 0.6 is 0 Å². The van der Waals surface area contributed by atoms with Crippen molar-refractivity contribution in [2.24, 2.45) is 5.41 Å². The zero-order chi connectivity index (χ0) is 12.5. The molecule has 1 amide bonds. The molecule has 2 aliphatic rings. The average Bonchev–Trinajstić information content (AvgIpc) is 3.11. The number of amides is 1. The molecule has 5 heteroatoms. The highest BCUT2D eigenvalue weighted by Gasteiger charge is 2.58. The summed E-state index contributed by atoms with van der Waals surface area (Å²) in [6.07, 6.45) is 2.14.